The van der Waals surface area contributed by atoms with Gasteiger partial charge in [0, 0.05) is 12.1 Å². The Kier molecular flexibility index (Phi) is 4.12. The van der Waals surface area contributed by atoms with E-state index in [2.05, 4.69) is 32.9 Å². The van der Waals surface area contributed by atoms with Gasteiger partial charge in [0.05, 0.1) is 9.26 Å². The number of amides is 1. The fourth-order valence-electron chi connectivity index (χ4n) is 0.792. The third kappa shape index (κ3) is 2.81. The summed E-state index contributed by atoms with van der Waals surface area (Å²) >= 11 is 7.86. The van der Waals surface area contributed by atoms with Crippen LogP contribution in [-0.2, 0) is 4.79 Å². The van der Waals surface area contributed by atoms with Crippen LogP contribution in [-0.4, -0.2) is 10.9 Å². The summed E-state index contributed by atoms with van der Waals surface area (Å²) in [5.74, 6) is -0.0667. The Morgan fingerprint density at radius 2 is 2.29 bits per heavy atom. The summed E-state index contributed by atoms with van der Waals surface area (Å²) in [6.07, 6.45) is 1.57. The number of halogens is 2. The molecule has 0 fully saturated rings. The van der Waals surface area contributed by atoms with E-state index in [1.165, 1.54) is 0 Å². The maximum atomic E-state index is 11.4. The van der Waals surface area contributed by atoms with Crippen molar-refractivity contribution in [3.63, 3.8) is 0 Å². The second kappa shape index (κ2) is 4.93. The Balaban J connectivity index is 2.87. The first kappa shape index (κ1) is 11.7. The summed E-state index contributed by atoms with van der Waals surface area (Å²) in [6, 6.07) is 1.73. The zero-order valence-electron chi connectivity index (χ0n) is 7.84. The number of rotatable bonds is 2. The van der Waals surface area contributed by atoms with Gasteiger partial charge >= 0.3 is 0 Å². The molecule has 0 aliphatic rings. The van der Waals surface area contributed by atoms with Crippen LogP contribution in [0.4, 0.5) is 5.69 Å². The van der Waals surface area contributed by atoms with Gasteiger partial charge in [0.15, 0.2) is 0 Å². The summed E-state index contributed by atoms with van der Waals surface area (Å²) in [4.78, 5) is 15.3. The van der Waals surface area contributed by atoms with Crippen LogP contribution < -0.4 is 5.32 Å². The van der Waals surface area contributed by atoms with E-state index in [9.17, 15) is 4.79 Å². The second-order valence-electron chi connectivity index (χ2n) is 3.11. The molecule has 0 aromatic carbocycles. The highest BCUT2D eigenvalue weighted by Gasteiger charge is 2.10. The predicted octanol–water partition coefficient (Wildman–Crippen LogP) is 2.93. The number of hydrogen-bond donors (Lipinski definition) is 1. The van der Waals surface area contributed by atoms with Gasteiger partial charge in [-0.2, -0.15) is 0 Å². The zero-order valence-corrected chi connectivity index (χ0v) is 10.8. The fourth-order valence-corrected chi connectivity index (χ4v) is 1.40. The molecule has 0 spiro atoms. The van der Waals surface area contributed by atoms with Crippen molar-refractivity contribution in [3.05, 3.63) is 21.0 Å². The molecule has 0 saturated carbocycles. The predicted molar refractivity (Wildman–Crippen MR) is 65.4 cm³/mol. The number of nitrogens with zero attached hydrogens (tertiary/aromatic N) is 1. The maximum Gasteiger partial charge on any atom is 0.226 e. The van der Waals surface area contributed by atoms with Crippen molar-refractivity contribution >= 4 is 45.8 Å². The van der Waals surface area contributed by atoms with Crippen molar-refractivity contribution in [3.8, 4) is 0 Å². The van der Waals surface area contributed by atoms with Crippen molar-refractivity contribution < 1.29 is 4.79 Å². The molecule has 5 heteroatoms. The quantitative estimate of drug-likeness (QED) is 0.671. The van der Waals surface area contributed by atoms with Crippen molar-refractivity contribution in [1.29, 1.82) is 0 Å². The molecule has 0 unspecified atom stereocenters. The first-order valence-electron chi connectivity index (χ1n) is 4.13. The van der Waals surface area contributed by atoms with Crippen LogP contribution in [0.1, 0.15) is 13.8 Å². The van der Waals surface area contributed by atoms with Gasteiger partial charge in [0.2, 0.25) is 5.91 Å². The molecule has 1 amide bonds. The summed E-state index contributed by atoms with van der Waals surface area (Å²) in [5.41, 5.74) is 0.712. The number of aromatic nitrogens is 1. The fraction of sp³-hybridized carbons (Fsp3) is 0.333. The average molecular weight is 325 g/mol. The molecule has 0 bridgehead atoms. The molecule has 0 saturated heterocycles. The highest BCUT2D eigenvalue weighted by atomic mass is 127. The molecule has 14 heavy (non-hydrogen) atoms. The standard InChI is InChI=1S/C9H10ClIN2O/c1-5(2)9(14)13-6-3-4-12-8(10)7(6)11/h3-5H,1-2H3,(H,12,13,14). The smallest absolute Gasteiger partial charge is 0.226 e. The van der Waals surface area contributed by atoms with Crippen molar-refractivity contribution in [2.75, 3.05) is 5.32 Å². The third-order valence-electron chi connectivity index (χ3n) is 1.63. The molecule has 0 atom stereocenters. The lowest BCUT2D eigenvalue weighted by Crippen LogP contribution is -2.18. The van der Waals surface area contributed by atoms with Crippen molar-refractivity contribution in [2.24, 2.45) is 5.92 Å². The maximum absolute atomic E-state index is 11.4. The molecule has 1 heterocycles. The van der Waals surface area contributed by atoms with E-state index in [1.807, 2.05) is 13.8 Å². The number of hydrogen-bond acceptors (Lipinski definition) is 2. The lowest BCUT2D eigenvalue weighted by Gasteiger charge is -2.09. The summed E-state index contributed by atoms with van der Waals surface area (Å²) in [5, 5.41) is 3.19. The van der Waals surface area contributed by atoms with Crippen molar-refractivity contribution in [1.82, 2.24) is 4.98 Å². The van der Waals surface area contributed by atoms with Gasteiger partial charge in [-0.25, -0.2) is 4.98 Å². The van der Waals surface area contributed by atoms with E-state index in [0.717, 1.165) is 3.57 Å². The molecule has 1 rings (SSSR count). The van der Waals surface area contributed by atoms with E-state index >= 15 is 0 Å². The van der Waals surface area contributed by atoms with Gasteiger partial charge in [0.25, 0.3) is 0 Å². The topological polar surface area (TPSA) is 42.0 Å². The molecule has 0 aliphatic heterocycles. The Hall–Kier alpha value is -0.360. The molecule has 3 nitrogen and oxygen atoms in total. The number of nitrogens with one attached hydrogen (secondary N) is 1. The van der Waals surface area contributed by atoms with Gasteiger partial charge in [-0.3, -0.25) is 4.79 Å². The first-order valence-corrected chi connectivity index (χ1v) is 5.59. The van der Waals surface area contributed by atoms with Crippen LogP contribution in [0.3, 0.4) is 0 Å². The van der Waals surface area contributed by atoms with Gasteiger partial charge in [-0.15, -0.1) is 0 Å². The van der Waals surface area contributed by atoms with Crippen molar-refractivity contribution in [2.45, 2.75) is 13.8 Å². The molecule has 1 aromatic rings. The lowest BCUT2D eigenvalue weighted by molar-refractivity contribution is -0.118. The minimum absolute atomic E-state index is 0.0230. The van der Waals surface area contributed by atoms with E-state index in [1.54, 1.807) is 12.3 Å². The van der Waals surface area contributed by atoms with Gasteiger partial charge in [0.1, 0.15) is 5.15 Å². The average Bonchev–Trinajstić information content (AvgIpc) is 2.12. The largest absolute Gasteiger partial charge is 0.325 e. The molecular weight excluding hydrogens is 314 g/mol. The summed E-state index contributed by atoms with van der Waals surface area (Å²) < 4.78 is 0.765. The number of pyridine rings is 1. The van der Waals surface area contributed by atoms with Crippen LogP contribution in [0.5, 0.6) is 0 Å². The minimum Gasteiger partial charge on any atom is -0.325 e. The number of anilines is 1. The van der Waals surface area contributed by atoms with Gasteiger partial charge < -0.3 is 5.32 Å². The molecule has 1 aromatic heterocycles. The Morgan fingerprint density at radius 3 is 2.86 bits per heavy atom. The Morgan fingerprint density at radius 1 is 1.64 bits per heavy atom. The molecular formula is C9H10ClIN2O. The zero-order chi connectivity index (χ0) is 10.7. The van der Waals surface area contributed by atoms with Gasteiger partial charge in [-0.1, -0.05) is 25.4 Å². The van der Waals surface area contributed by atoms with E-state index in [4.69, 9.17) is 11.6 Å². The van der Waals surface area contributed by atoms with Crippen LogP contribution in [0.2, 0.25) is 5.15 Å². The highest BCUT2D eigenvalue weighted by Crippen LogP contribution is 2.23. The third-order valence-corrected chi connectivity index (χ3v) is 3.33. The lowest BCUT2D eigenvalue weighted by atomic mass is 10.2. The van der Waals surface area contributed by atoms with Crippen LogP contribution >= 0.6 is 34.2 Å². The van der Waals surface area contributed by atoms with Crippen LogP contribution in [0.25, 0.3) is 0 Å². The minimum atomic E-state index is -0.0438. The highest BCUT2D eigenvalue weighted by molar-refractivity contribution is 14.1. The molecule has 0 radical (unpaired) electrons. The Labute approximate surface area is 101 Å². The monoisotopic (exact) mass is 324 g/mol. The number of carbonyl (C=O) groups is 1. The Bertz CT molecular complexity index is 355. The van der Waals surface area contributed by atoms with E-state index < -0.39 is 0 Å². The molecule has 0 aliphatic carbocycles. The SMILES string of the molecule is CC(C)C(=O)Nc1ccnc(Cl)c1I. The van der Waals surface area contributed by atoms with Crippen LogP contribution in [0, 0.1) is 9.49 Å². The number of carbonyl (C=O) groups excluding carboxylic acids is 1. The van der Waals surface area contributed by atoms with Crippen LogP contribution in [0.15, 0.2) is 12.3 Å². The summed E-state index contributed by atoms with van der Waals surface area (Å²) in [7, 11) is 0. The second-order valence-corrected chi connectivity index (χ2v) is 4.54. The summed E-state index contributed by atoms with van der Waals surface area (Å²) in [6.45, 7) is 3.68. The van der Waals surface area contributed by atoms with E-state index in [-0.39, 0.29) is 11.8 Å². The van der Waals surface area contributed by atoms with Gasteiger partial charge in [-0.05, 0) is 28.7 Å². The molecule has 1 N–H and O–H groups in total. The van der Waals surface area contributed by atoms with E-state index in [0.29, 0.717) is 10.8 Å². The molecule has 76 valence electrons. The normalized spacial score (nSPS) is 10.4. The first-order chi connectivity index (χ1) is 6.52.